The Morgan fingerprint density at radius 1 is 0.397 bits per heavy atom. The molecule has 2 aromatic rings. The lowest BCUT2D eigenvalue weighted by Gasteiger charge is -2.46. The number of benzene rings is 2. The topological polar surface area (TPSA) is 114 Å². The van der Waals surface area contributed by atoms with Crippen LogP contribution in [-0.4, -0.2) is 73.2 Å². The van der Waals surface area contributed by atoms with E-state index in [1.165, 1.54) is 96.7 Å². The van der Waals surface area contributed by atoms with Gasteiger partial charge in [-0.25, -0.2) is 16.8 Å². The number of hydrogen-bond donors (Lipinski definition) is 0. The molecule has 0 aliphatic heterocycles. The maximum absolute atomic E-state index is 11.2. The van der Waals surface area contributed by atoms with E-state index in [9.17, 15) is 25.9 Å². The Bertz CT molecular complexity index is 1630. The van der Waals surface area contributed by atoms with Gasteiger partial charge in [0.2, 0.25) is 0 Å². The lowest BCUT2D eigenvalue weighted by atomic mass is 9.99. The summed E-state index contributed by atoms with van der Waals surface area (Å²) < 4.78 is 66.4. The van der Waals surface area contributed by atoms with Gasteiger partial charge in [0.15, 0.2) is 0 Å². The maximum atomic E-state index is 11.2. The number of hydrogen-bond acceptors (Lipinski definition) is 6. The molecule has 0 bridgehead atoms. The Morgan fingerprint density at radius 3 is 0.931 bits per heavy atom. The summed E-state index contributed by atoms with van der Waals surface area (Å²) in [7, 11) is -11.5. The molecule has 8 rings (SSSR count). The van der Waals surface area contributed by atoms with Crippen LogP contribution in [0.2, 0.25) is 0 Å². The predicted octanol–water partition coefficient (Wildman–Crippen LogP) is 13.9. The minimum Gasteiger partial charge on any atom is -0.744 e. The summed E-state index contributed by atoms with van der Waals surface area (Å²) in [6.07, 6.45) is 47.2. The van der Waals surface area contributed by atoms with Crippen molar-refractivity contribution in [3.8, 4) is 0 Å². The second kappa shape index (κ2) is 21.6. The average Bonchev–Trinajstić information content (AvgIpc) is 3.27. The van der Waals surface area contributed by atoms with E-state index in [-0.39, 0.29) is 5.39 Å². The van der Waals surface area contributed by atoms with Crippen molar-refractivity contribution in [1.82, 2.24) is 0 Å². The fourth-order valence-corrected chi connectivity index (χ4v) is 27.7. The average molecular weight is 877 g/mol. The molecule has 0 N–H and O–H groups in total. The van der Waals surface area contributed by atoms with E-state index in [0.29, 0.717) is 5.39 Å². The first-order valence-electron chi connectivity index (χ1n) is 24.0. The molecule has 328 valence electrons. The molecule has 58 heavy (non-hydrogen) atoms. The zero-order valence-corrected chi connectivity index (χ0v) is 39.7. The van der Waals surface area contributed by atoms with Gasteiger partial charge in [0, 0.05) is 33.2 Å². The summed E-state index contributed by atoms with van der Waals surface area (Å²) in [5.74, 6) is 0. The van der Waals surface area contributed by atoms with Crippen molar-refractivity contribution < 1.29 is 25.9 Å². The third-order valence-corrected chi connectivity index (χ3v) is 31.0. The van der Waals surface area contributed by atoms with Crippen LogP contribution in [0.15, 0.2) is 46.2 Å². The zero-order valence-electron chi connectivity index (χ0n) is 36.3. The van der Waals surface area contributed by atoms with E-state index in [1.54, 1.807) is 160 Å². The molecule has 2 aromatic carbocycles. The van der Waals surface area contributed by atoms with Crippen molar-refractivity contribution in [3.05, 3.63) is 36.4 Å². The van der Waals surface area contributed by atoms with Crippen molar-refractivity contribution in [3.63, 3.8) is 0 Å². The van der Waals surface area contributed by atoms with Crippen molar-refractivity contribution in [2.75, 3.05) is 13.3 Å². The van der Waals surface area contributed by atoms with Gasteiger partial charge in [0.25, 0.3) is 0 Å². The highest BCUT2D eigenvalue weighted by Crippen LogP contribution is 2.76. The zero-order chi connectivity index (χ0) is 41.2. The molecule has 0 saturated heterocycles. The Kier molecular flexibility index (Phi) is 17.5. The van der Waals surface area contributed by atoms with Crippen molar-refractivity contribution in [1.29, 1.82) is 0 Å². The third-order valence-electron chi connectivity index (χ3n) is 16.5. The van der Waals surface area contributed by atoms with Crippen LogP contribution in [0.5, 0.6) is 0 Å². The summed E-state index contributed by atoms with van der Waals surface area (Å²) in [6.45, 7) is 5.74. The minimum atomic E-state index is -5.07. The Hall–Kier alpha value is -0.620. The van der Waals surface area contributed by atoms with Crippen molar-refractivity contribution in [2.24, 2.45) is 0 Å². The second-order valence-corrected chi connectivity index (χ2v) is 31.7. The number of fused-ring (bicyclic) bond motifs is 1. The quantitative estimate of drug-likeness (QED) is 0.193. The molecule has 0 unspecified atom stereocenters. The first kappa shape index (κ1) is 46.9. The van der Waals surface area contributed by atoms with Gasteiger partial charge in [-0.3, -0.25) is 0 Å². The molecule has 6 nitrogen and oxygen atoms in total. The Labute approximate surface area is 355 Å². The van der Waals surface area contributed by atoms with Gasteiger partial charge < -0.3 is 9.11 Å². The van der Waals surface area contributed by atoms with Crippen LogP contribution in [0.1, 0.15) is 193 Å². The van der Waals surface area contributed by atoms with Crippen LogP contribution in [-0.2, 0) is 20.2 Å². The normalized spacial score (nSPS) is 23.7. The summed E-state index contributed by atoms with van der Waals surface area (Å²) in [4.78, 5) is -2.01. The van der Waals surface area contributed by atoms with Crippen molar-refractivity contribution in [2.45, 2.75) is 236 Å². The molecule has 6 aliphatic carbocycles. The molecule has 0 spiro atoms. The lowest BCUT2D eigenvalue weighted by molar-refractivity contribution is 0.448. The summed E-state index contributed by atoms with van der Waals surface area (Å²) in [5.41, 5.74) is 7.10. The van der Waals surface area contributed by atoms with Gasteiger partial charge in [-0.15, -0.1) is 0 Å². The summed E-state index contributed by atoms with van der Waals surface area (Å²) >= 11 is 0. The van der Waals surface area contributed by atoms with E-state index in [0.717, 1.165) is 6.07 Å². The molecule has 6 aliphatic rings. The number of rotatable bonds is 8. The highest BCUT2D eigenvalue weighted by atomic mass is 32.2. The minimum absolute atomic E-state index is 0.0792. The standard InChI is InChI=1S/2C19H36P.C10H8O6S2/c2*1-20(17-11-5-2-6-12-17,18-13-7-3-8-14-18)19-15-9-4-10-16-19;11-17(12,13)9-6-5-7-3-1-2-4-8(7)10(9)18(14,15)16/h2*17-19H,2-16H2,1H3;1-6H,(H,11,12,13)(H,14,15,16)/q2*+1;/p-2. The Balaban J connectivity index is 0.000000147. The van der Waals surface area contributed by atoms with E-state index >= 15 is 0 Å². The maximum Gasteiger partial charge on any atom is 0.126 e. The van der Waals surface area contributed by atoms with Crippen LogP contribution in [0, 0.1) is 0 Å². The highest BCUT2D eigenvalue weighted by Gasteiger charge is 2.54. The summed E-state index contributed by atoms with van der Waals surface area (Å²) in [6, 6.07) is 7.91. The van der Waals surface area contributed by atoms with Crippen LogP contribution in [0.25, 0.3) is 10.8 Å². The monoisotopic (exact) mass is 876 g/mol. The SMILES string of the molecule is C[P+](C1CCCCC1)(C1CCCCC1)C1CCCCC1.C[P+](C1CCCCC1)(C1CCCCC1)C1CCCCC1.O=S(=O)([O-])c1ccc2ccccc2c1S(=O)(=O)[O-]. The lowest BCUT2D eigenvalue weighted by Crippen LogP contribution is -2.35. The van der Waals surface area contributed by atoms with Gasteiger partial charge in [0.05, 0.1) is 43.7 Å². The molecule has 10 heteroatoms. The van der Waals surface area contributed by atoms with Gasteiger partial charge in [0.1, 0.15) is 20.2 Å². The molecule has 0 amide bonds. The van der Waals surface area contributed by atoms with Gasteiger partial charge in [-0.2, -0.15) is 0 Å². The van der Waals surface area contributed by atoms with Crippen LogP contribution in [0.4, 0.5) is 0 Å². The van der Waals surface area contributed by atoms with Crippen molar-refractivity contribution >= 4 is 45.5 Å². The molecule has 6 saturated carbocycles. The highest BCUT2D eigenvalue weighted by molar-refractivity contribution is 7.89. The molecule has 0 atom stereocenters. The molecule has 6 fully saturated rings. The Morgan fingerprint density at radius 2 is 0.672 bits per heavy atom. The van der Waals surface area contributed by atoms with Crippen LogP contribution >= 0.6 is 14.5 Å². The van der Waals surface area contributed by atoms with Crippen LogP contribution in [0.3, 0.4) is 0 Å². The largest absolute Gasteiger partial charge is 0.744 e. The van der Waals surface area contributed by atoms with E-state index < -0.39 is 44.6 Å². The van der Waals surface area contributed by atoms with E-state index in [1.807, 2.05) is 0 Å². The van der Waals surface area contributed by atoms with Gasteiger partial charge in [-0.05, 0) is 166 Å². The molecule has 0 aromatic heterocycles. The molecular weight excluding hydrogens is 799 g/mol. The molecule has 0 radical (unpaired) electrons. The fourth-order valence-electron chi connectivity index (χ4n) is 13.3. The van der Waals surface area contributed by atoms with Crippen LogP contribution < -0.4 is 0 Å². The van der Waals surface area contributed by atoms with Gasteiger partial charge >= 0.3 is 0 Å². The summed E-state index contributed by atoms with van der Waals surface area (Å²) in [5, 5.41) is 0.281. The fraction of sp³-hybridized carbons (Fsp3) is 0.792. The smallest absolute Gasteiger partial charge is 0.126 e. The predicted molar refractivity (Wildman–Crippen MR) is 247 cm³/mol. The molecular formula is C48H78O6P2S2. The van der Waals surface area contributed by atoms with E-state index in [2.05, 4.69) is 13.3 Å². The molecule has 0 heterocycles. The second-order valence-electron chi connectivity index (χ2n) is 19.7. The first-order chi connectivity index (χ1) is 27.8. The van der Waals surface area contributed by atoms with Gasteiger partial charge in [-0.1, -0.05) is 68.9 Å². The van der Waals surface area contributed by atoms with E-state index in [4.69, 9.17) is 0 Å². The first-order valence-corrected chi connectivity index (χ1v) is 31.7. The third kappa shape index (κ3) is 11.5.